The van der Waals surface area contributed by atoms with E-state index in [-0.39, 0.29) is 30.6 Å². The predicted octanol–water partition coefficient (Wildman–Crippen LogP) is 3.28. The molecule has 0 bridgehead atoms. The molecule has 0 saturated carbocycles. The average Bonchev–Trinajstić information content (AvgIpc) is 3.00. The van der Waals surface area contributed by atoms with Crippen LogP contribution in [0.5, 0.6) is 0 Å². The Hall–Kier alpha value is -3.71. The van der Waals surface area contributed by atoms with Gasteiger partial charge < -0.3 is 21.3 Å². The van der Waals surface area contributed by atoms with Gasteiger partial charge in [0.05, 0.1) is 18.7 Å². The molecule has 2 rings (SSSR count). The summed E-state index contributed by atoms with van der Waals surface area (Å²) in [5.74, 6) is -0.746. The lowest BCUT2D eigenvalue weighted by Crippen LogP contribution is -2.25. The second kappa shape index (κ2) is 12.1. The van der Waals surface area contributed by atoms with Gasteiger partial charge in [-0.1, -0.05) is 36.9 Å². The fourth-order valence-electron chi connectivity index (χ4n) is 2.78. The van der Waals surface area contributed by atoms with Crippen molar-refractivity contribution in [3.8, 4) is 0 Å². The van der Waals surface area contributed by atoms with Gasteiger partial charge in [-0.15, -0.1) is 0 Å². The fraction of sp³-hybridized carbons (Fsp3) is 0.208. The minimum Gasteiger partial charge on any atom is -0.361 e. The third-order valence-electron chi connectivity index (χ3n) is 4.37. The van der Waals surface area contributed by atoms with Gasteiger partial charge in [0, 0.05) is 23.2 Å². The number of carbonyl (C=O) groups excluding carboxylic acids is 3. The first-order valence-electron chi connectivity index (χ1n) is 9.93. The molecule has 1 aromatic carbocycles. The molecule has 0 saturated heterocycles. The molecule has 1 aromatic rings. The molecule has 0 fully saturated rings. The number of rotatable bonds is 10. The lowest BCUT2D eigenvalue weighted by atomic mass is 10.1. The van der Waals surface area contributed by atoms with Crippen molar-refractivity contribution < 1.29 is 14.4 Å². The molecule has 0 aliphatic heterocycles. The smallest absolute Gasteiger partial charge is 0.238 e. The Morgan fingerprint density at radius 1 is 1.13 bits per heavy atom. The number of likely N-dealkylation sites (N-methyl/N-ethyl adjacent to an activating group) is 1. The van der Waals surface area contributed by atoms with E-state index in [1.54, 1.807) is 37.5 Å². The van der Waals surface area contributed by atoms with Crippen LogP contribution in [0.4, 0.5) is 11.4 Å². The zero-order valence-electron chi connectivity index (χ0n) is 17.8. The molecular formula is C24H28N4O3. The van der Waals surface area contributed by atoms with E-state index in [0.29, 0.717) is 16.9 Å². The van der Waals surface area contributed by atoms with Gasteiger partial charge in [0.1, 0.15) is 0 Å². The molecule has 0 atom stereocenters. The largest absolute Gasteiger partial charge is 0.361 e. The third-order valence-corrected chi connectivity index (χ3v) is 4.37. The number of hydrogen-bond donors (Lipinski definition) is 4. The summed E-state index contributed by atoms with van der Waals surface area (Å²) in [6.07, 6.45) is 13.7. The Bertz CT molecular complexity index is 971. The predicted molar refractivity (Wildman–Crippen MR) is 125 cm³/mol. The van der Waals surface area contributed by atoms with E-state index in [2.05, 4.69) is 27.8 Å². The first-order chi connectivity index (χ1) is 14.9. The Kier molecular flexibility index (Phi) is 9.19. The van der Waals surface area contributed by atoms with Crippen LogP contribution in [0.15, 0.2) is 72.6 Å². The van der Waals surface area contributed by atoms with E-state index < -0.39 is 0 Å². The van der Waals surface area contributed by atoms with E-state index in [9.17, 15) is 14.4 Å². The van der Waals surface area contributed by atoms with Crippen molar-refractivity contribution in [2.24, 2.45) is 0 Å². The molecule has 2 amide bonds. The topological polar surface area (TPSA) is 99.3 Å². The molecule has 7 heteroatoms. The highest BCUT2D eigenvalue weighted by atomic mass is 16.2. The molecule has 162 valence electrons. The van der Waals surface area contributed by atoms with Crippen molar-refractivity contribution >= 4 is 35.0 Å². The van der Waals surface area contributed by atoms with Crippen LogP contribution >= 0.6 is 0 Å². The zero-order chi connectivity index (χ0) is 22.6. The van der Waals surface area contributed by atoms with E-state index in [1.807, 2.05) is 30.4 Å². The second-order valence-corrected chi connectivity index (χ2v) is 6.87. The lowest BCUT2D eigenvalue weighted by molar-refractivity contribution is -0.118. The summed E-state index contributed by atoms with van der Waals surface area (Å²) in [7, 11) is 1.68. The van der Waals surface area contributed by atoms with Crippen LogP contribution < -0.4 is 21.3 Å². The summed E-state index contributed by atoms with van der Waals surface area (Å²) in [5.41, 5.74) is 2.96. The molecule has 31 heavy (non-hydrogen) atoms. The first kappa shape index (κ1) is 23.6. The normalized spacial score (nSPS) is 13.1. The van der Waals surface area contributed by atoms with Crippen LogP contribution in [0.3, 0.4) is 0 Å². The van der Waals surface area contributed by atoms with Gasteiger partial charge >= 0.3 is 0 Å². The monoisotopic (exact) mass is 420 g/mol. The van der Waals surface area contributed by atoms with Crippen molar-refractivity contribution in [1.82, 2.24) is 10.6 Å². The molecular weight excluding hydrogens is 392 g/mol. The van der Waals surface area contributed by atoms with Crippen LogP contribution in [0.25, 0.3) is 6.08 Å². The molecule has 0 radical (unpaired) electrons. The van der Waals surface area contributed by atoms with Crippen molar-refractivity contribution in [2.75, 3.05) is 24.2 Å². The van der Waals surface area contributed by atoms with Crippen LogP contribution in [-0.4, -0.2) is 31.2 Å². The van der Waals surface area contributed by atoms with Gasteiger partial charge in [-0.2, -0.15) is 0 Å². The Morgan fingerprint density at radius 3 is 2.65 bits per heavy atom. The van der Waals surface area contributed by atoms with Gasteiger partial charge in [0.2, 0.25) is 11.8 Å². The van der Waals surface area contributed by atoms with Crippen LogP contribution in [0.1, 0.15) is 25.3 Å². The molecule has 0 heterocycles. The Morgan fingerprint density at radius 2 is 1.94 bits per heavy atom. The summed E-state index contributed by atoms with van der Waals surface area (Å²) in [6.45, 7) is 5.32. The van der Waals surface area contributed by atoms with Crippen LogP contribution in [0.2, 0.25) is 0 Å². The van der Waals surface area contributed by atoms with E-state index in [0.717, 1.165) is 17.7 Å². The summed E-state index contributed by atoms with van der Waals surface area (Å²) >= 11 is 0. The van der Waals surface area contributed by atoms with Gasteiger partial charge in [0.15, 0.2) is 5.78 Å². The minimum absolute atomic E-state index is 0.0835. The van der Waals surface area contributed by atoms with Gasteiger partial charge in [-0.05, 0) is 50.2 Å². The molecule has 0 aromatic heterocycles. The van der Waals surface area contributed by atoms with Crippen LogP contribution in [-0.2, 0) is 14.4 Å². The lowest BCUT2D eigenvalue weighted by Gasteiger charge is -2.12. The number of carbonyl (C=O) groups is 3. The third kappa shape index (κ3) is 7.91. The molecule has 1 aliphatic rings. The number of hydrogen-bond acceptors (Lipinski definition) is 5. The molecule has 0 unspecified atom stereocenters. The number of ketones is 1. The first-order valence-corrected chi connectivity index (χ1v) is 9.93. The van der Waals surface area contributed by atoms with Crippen molar-refractivity contribution in [1.29, 1.82) is 0 Å². The SMILES string of the molecule is C=Cc1ccc(NC(=O)C/C(=C/NC2=CC=CCC=C2)C(C)=O)cc1NC(=O)CNC. The van der Waals surface area contributed by atoms with E-state index >= 15 is 0 Å². The van der Waals surface area contributed by atoms with E-state index in [1.165, 1.54) is 6.92 Å². The van der Waals surface area contributed by atoms with Crippen molar-refractivity contribution in [3.05, 3.63) is 78.2 Å². The molecule has 0 spiro atoms. The highest BCUT2D eigenvalue weighted by Gasteiger charge is 2.12. The quantitative estimate of drug-likeness (QED) is 0.436. The maximum absolute atomic E-state index is 12.5. The number of amides is 2. The Labute approximate surface area is 182 Å². The summed E-state index contributed by atoms with van der Waals surface area (Å²) in [4.78, 5) is 36.4. The standard InChI is InChI=1S/C24H28N4O3/c1-4-18-11-12-21(14-22(18)28-24(31)16-25-3)27-23(30)13-19(17(2)29)15-26-20-9-7-5-6-8-10-20/h4-5,7-12,14-15,25-26H,1,6,13,16H2,2-3H3,(H,27,30)(H,28,31)/b19-15-. The Balaban J connectivity index is 2.08. The molecule has 1 aliphatic carbocycles. The fourth-order valence-corrected chi connectivity index (χ4v) is 2.78. The highest BCUT2D eigenvalue weighted by molar-refractivity contribution is 6.02. The van der Waals surface area contributed by atoms with Gasteiger partial charge in [-0.25, -0.2) is 0 Å². The number of Topliss-reactive ketones (excluding diaryl/α,β-unsaturated/α-hetero) is 1. The summed E-state index contributed by atoms with van der Waals surface area (Å²) in [5, 5.41) is 11.4. The van der Waals surface area contributed by atoms with Gasteiger partial charge in [0.25, 0.3) is 0 Å². The van der Waals surface area contributed by atoms with E-state index in [4.69, 9.17) is 0 Å². The number of nitrogens with one attached hydrogen (secondary N) is 4. The average molecular weight is 421 g/mol. The molecule has 4 N–H and O–H groups in total. The molecule has 7 nitrogen and oxygen atoms in total. The van der Waals surface area contributed by atoms with Gasteiger partial charge in [-0.3, -0.25) is 14.4 Å². The summed E-state index contributed by atoms with van der Waals surface area (Å²) < 4.78 is 0. The van der Waals surface area contributed by atoms with Crippen molar-refractivity contribution in [2.45, 2.75) is 19.8 Å². The van der Waals surface area contributed by atoms with Crippen molar-refractivity contribution in [3.63, 3.8) is 0 Å². The highest BCUT2D eigenvalue weighted by Crippen LogP contribution is 2.22. The second-order valence-electron chi connectivity index (χ2n) is 6.87. The zero-order valence-corrected chi connectivity index (χ0v) is 17.8. The maximum Gasteiger partial charge on any atom is 0.238 e. The number of benzene rings is 1. The number of allylic oxidation sites excluding steroid dienone is 5. The summed E-state index contributed by atoms with van der Waals surface area (Å²) in [6, 6.07) is 5.12. The number of anilines is 2. The van der Waals surface area contributed by atoms with Crippen LogP contribution in [0, 0.1) is 0 Å². The minimum atomic E-state index is -0.340. The maximum atomic E-state index is 12.5.